The van der Waals surface area contributed by atoms with Crippen LogP contribution < -0.4 is 11.1 Å². The van der Waals surface area contributed by atoms with Crippen LogP contribution >= 0.6 is 11.5 Å². The topological polar surface area (TPSA) is 85.1 Å². The molecule has 7 heteroatoms. The SMILES string of the molecule is CC1CC1Nc1snc(N)c1S(=O)(=O)C1CC1. The number of nitrogens with zero attached hydrogens (tertiary/aromatic N) is 1. The highest BCUT2D eigenvalue weighted by Crippen LogP contribution is 2.43. The molecule has 1 aromatic rings. The molecule has 0 radical (unpaired) electrons. The summed E-state index contributed by atoms with van der Waals surface area (Å²) in [5.74, 6) is 0.757. The molecule has 2 unspecified atom stereocenters. The summed E-state index contributed by atoms with van der Waals surface area (Å²) in [6.45, 7) is 2.14. The molecule has 2 atom stereocenters. The molecule has 2 aliphatic rings. The van der Waals surface area contributed by atoms with Crippen molar-refractivity contribution in [2.75, 3.05) is 11.1 Å². The number of hydrogen-bond acceptors (Lipinski definition) is 6. The predicted molar refractivity (Wildman–Crippen MR) is 67.9 cm³/mol. The number of rotatable bonds is 4. The average molecular weight is 273 g/mol. The van der Waals surface area contributed by atoms with Gasteiger partial charge in [-0.15, -0.1) is 0 Å². The average Bonchev–Trinajstić information content (AvgIpc) is 3.12. The first-order valence-corrected chi connectivity index (χ1v) is 8.07. The molecule has 0 bridgehead atoms. The Morgan fingerprint density at radius 2 is 2.12 bits per heavy atom. The molecular formula is C10H15N3O2S2. The van der Waals surface area contributed by atoms with Gasteiger partial charge in [0.25, 0.3) is 0 Å². The maximum Gasteiger partial charge on any atom is 0.187 e. The van der Waals surface area contributed by atoms with Gasteiger partial charge in [0.2, 0.25) is 0 Å². The van der Waals surface area contributed by atoms with Gasteiger partial charge in [0, 0.05) is 6.04 Å². The van der Waals surface area contributed by atoms with Crippen molar-refractivity contribution in [3.05, 3.63) is 0 Å². The van der Waals surface area contributed by atoms with Gasteiger partial charge in [-0.05, 0) is 36.7 Å². The molecule has 3 N–H and O–H groups in total. The van der Waals surface area contributed by atoms with E-state index in [4.69, 9.17) is 5.73 Å². The molecule has 2 fully saturated rings. The summed E-state index contributed by atoms with van der Waals surface area (Å²) in [4.78, 5) is 0.240. The lowest BCUT2D eigenvalue weighted by molar-refractivity contribution is 0.595. The van der Waals surface area contributed by atoms with Gasteiger partial charge in [-0.1, -0.05) is 6.92 Å². The van der Waals surface area contributed by atoms with Crippen LogP contribution in [0.4, 0.5) is 10.8 Å². The summed E-state index contributed by atoms with van der Waals surface area (Å²) >= 11 is 1.15. The standard InChI is InChI=1S/C10H15N3O2S2/c1-5-4-7(5)12-10-8(9(11)13-16-10)17(14,15)6-2-3-6/h5-7,12H,2-4H2,1H3,(H2,11,13). The molecule has 2 aliphatic carbocycles. The molecule has 1 aromatic heterocycles. The third-order valence-electron chi connectivity index (χ3n) is 3.35. The molecule has 94 valence electrons. The summed E-state index contributed by atoms with van der Waals surface area (Å²) in [5, 5.41) is 3.63. The molecule has 1 heterocycles. The van der Waals surface area contributed by atoms with Crippen LogP contribution in [0, 0.1) is 5.92 Å². The molecule has 3 rings (SSSR count). The fourth-order valence-electron chi connectivity index (χ4n) is 1.90. The van der Waals surface area contributed by atoms with Gasteiger partial charge in [0.05, 0.1) is 5.25 Å². The number of aromatic nitrogens is 1. The maximum atomic E-state index is 12.2. The number of nitrogens with one attached hydrogen (secondary N) is 1. The molecule has 17 heavy (non-hydrogen) atoms. The number of anilines is 2. The predicted octanol–water partition coefficient (Wildman–Crippen LogP) is 1.48. The Hall–Kier alpha value is -0.820. The van der Waals surface area contributed by atoms with E-state index in [0.717, 1.165) is 30.8 Å². The van der Waals surface area contributed by atoms with E-state index in [1.807, 2.05) is 0 Å². The molecular weight excluding hydrogens is 258 g/mol. The Kier molecular flexibility index (Phi) is 2.38. The van der Waals surface area contributed by atoms with Crippen LogP contribution in [0.3, 0.4) is 0 Å². The van der Waals surface area contributed by atoms with Gasteiger partial charge < -0.3 is 11.1 Å². The highest BCUT2D eigenvalue weighted by atomic mass is 32.2. The van der Waals surface area contributed by atoms with Gasteiger partial charge in [-0.2, -0.15) is 4.37 Å². The van der Waals surface area contributed by atoms with Gasteiger partial charge >= 0.3 is 0 Å². The van der Waals surface area contributed by atoms with E-state index in [1.54, 1.807) is 0 Å². The Morgan fingerprint density at radius 1 is 1.47 bits per heavy atom. The van der Waals surface area contributed by atoms with E-state index in [9.17, 15) is 8.42 Å². The third kappa shape index (κ3) is 1.91. The number of sulfone groups is 1. The van der Waals surface area contributed by atoms with E-state index >= 15 is 0 Å². The molecule has 0 spiro atoms. The van der Waals surface area contributed by atoms with Crippen LogP contribution in [-0.2, 0) is 9.84 Å². The lowest BCUT2D eigenvalue weighted by Crippen LogP contribution is -2.12. The Morgan fingerprint density at radius 3 is 2.65 bits per heavy atom. The second kappa shape index (κ2) is 3.58. The van der Waals surface area contributed by atoms with Gasteiger partial charge in [0.1, 0.15) is 9.90 Å². The summed E-state index contributed by atoms with van der Waals surface area (Å²) in [7, 11) is -3.26. The minimum Gasteiger partial charge on any atom is -0.382 e. The van der Waals surface area contributed by atoms with Crippen LogP contribution in [0.15, 0.2) is 4.90 Å². The minimum absolute atomic E-state index is 0.151. The fourth-order valence-corrected chi connectivity index (χ4v) is 4.83. The van der Waals surface area contributed by atoms with Crippen molar-refractivity contribution in [1.82, 2.24) is 4.37 Å². The van der Waals surface area contributed by atoms with Crippen LogP contribution in [0.25, 0.3) is 0 Å². The summed E-state index contributed by atoms with van der Waals surface area (Å²) in [5.41, 5.74) is 5.70. The molecule has 0 aromatic carbocycles. The van der Waals surface area contributed by atoms with Crippen molar-refractivity contribution in [2.45, 2.75) is 42.4 Å². The van der Waals surface area contributed by atoms with E-state index < -0.39 is 9.84 Å². The second-order valence-corrected chi connectivity index (χ2v) is 7.87. The maximum absolute atomic E-state index is 12.2. The van der Waals surface area contributed by atoms with Crippen molar-refractivity contribution in [1.29, 1.82) is 0 Å². The number of hydrogen-bond donors (Lipinski definition) is 2. The normalized spacial score (nSPS) is 28.1. The fraction of sp³-hybridized carbons (Fsp3) is 0.700. The van der Waals surface area contributed by atoms with Crippen molar-refractivity contribution >= 4 is 32.2 Å². The lowest BCUT2D eigenvalue weighted by Gasteiger charge is -2.06. The second-order valence-electron chi connectivity index (χ2n) is 4.93. The van der Waals surface area contributed by atoms with Gasteiger partial charge in [0.15, 0.2) is 15.7 Å². The van der Waals surface area contributed by atoms with E-state index in [-0.39, 0.29) is 16.0 Å². The Labute approximate surface area is 104 Å². The van der Waals surface area contributed by atoms with E-state index in [1.165, 1.54) is 0 Å². The van der Waals surface area contributed by atoms with Crippen LogP contribution in [-0.4, -0.2) is 24.1 Å². The lowest BCUT2D eigenvalue weighted by atomic mass is 10.5. The Bertz CT molecular complexity index is 548. The summed E-state index contributed by atoms with van der Waals surface area (Å²) in [6.07, 6.45) is 2.58. The van der Waals surface area contributed by atoms with E-state index in [2.05, 4.69) is 16.6 Å². The quantitative estimate of drug-likeness (QED) is 0.868. The number of nitrogen functional groups attached to an aromatic ring is 1. The summed E-state index contributed by atoms with van der Waals surface area (Å²) < 4.78 is 28.4. The van der Waals surface area contributed by atoms with Crippen molar-refractivity contribution in [3.63, 3.8) is 0 Å². The van der Waals surface area contributed by atoms with E-state index in [0.29, 0.717) is 17.0 Å². The van der Waals surface area contributed by atoms with Gasteiger partial charge in [-0.25, -0.2) is 8.42 Å². The highest BCUT2D eigenvalue weighted by molar-refractivity contribution is 7.92. The molecule has 0 aliphatic heterocycles. The first kappa shape index (κ1) is 11.3. The van der Waals surface area contributed by atoms with Crippen molar-refractivity contribution in [2.24, 2.45) is 5.92 Å². The smallest absolute Gasteiger partial charge is 0.187 e. The molecule has 0 saturated heterocycles. The van der Waals surface area contributed by atoms with Crippen LogP contribution in [0.1, 0.15) is 26.2 Å². The first-order chi connectivity index (χ1) is 8.00. The first-order valence-electron chi connectivity index (χ1n) is 5.75. The largest absolute Gasteiger partial charge is 0.382 e. The molecule has 5 nitrogen and oxygen atoms in total. The van der Waals surface area contributed by atoms with Crippen LogP contribution in [0.2, 0.25) is 0 Å². The van der Waals surface area contributed by atoms with Crippen LogP contribution in [0.5, 0.6) is 0 Å². The number of nitrogens with two attached hydrogens (primary N) is 1. The zero-order valence-electron chi connectivity index (χ0n) is 9.51. The zero-order valence-corrected chi connectivity index (χ0v) is 11.1. The minimum atomic E-state index is -3.26. The van der Waals surface area contributed by atoms with Crippen molar-refractivity contribution in [3.8, 4) is 0 Å². The molecule has 0 amide bonds. The summed E-state index contributed by atoms with van der Waals surface area (Å²) in [6, 6.07) is 0.378. The monoisotopic (exact) mass is 273 g/mol. The van der Waals surface area contributed by atoms with Gasteiger partial charge in [-0.3, -0.25) is 0 Å². The highest BCUT2D eigenvalue weighted by Gasteiger charge is 2.42. The third-order valence-corrected chi connectivity index (χ3v) is 6.60. The van der Waals surface area contributed by atoms with Crippen molar-refractivity contribution < 1.29 is 8.42 Å². The Balaban J connectivity index is 1.94. The zero-order chi connectivity index (χ0) is 12.2. The molecule has 2 saturated carbocycles.